The standard InChI is InChI=1S/C21H22FN5O2S/c1-13(23)20-19(24-2)12-18(14-4-6-15(22)7-5-14)26-21(20)25-16-8-10-17(11-9-16)27-30(3,28)29/h4-12,23,27H,1-3H3,(H2,24,25,26). The number of hydrogen-bond acceptors (Lipinski definition) is 6. The maximum absolute atomic E-state index is 13.3. The van der Waals surface area contributed by atoms with Gasteiger partial charge in [-0.2, -0.15) is 0 Å². The number of halogens is 1. The van der Waals surface area contributed by atoms with Gasteiger partial charge in [-0.1, -0.05) is 0 Å². The van der Waals surface area contributed by atoms with Crippen molar-refractivity contribution in [3.8, 4) is 11.3 Å². The minimum absolute atomic E-state index is 0.315. The van der Waals surface area contributed by atoms with Crippen LogP contribution in [-0.4, -0.2) is 32.4 Å². The van der Waals surface area contributed by atoms with E-state index in [1.54, 1.807) is 50.4 Å². The summed E-state index contributed by atoms with van der Waals surface area (Å²) >= 11 is 0. The molecule has 30 heavy (non-hydrogen) atoms. The van der Waals surface area contributed by atoms with Crippen molar-refractivity contribution >= 4 is 38.6 Å². The molecule has 3 aromatic rings. The summed E-state index contributed by atoms with van der Waals surface area (Å²) in [5.74, 6) is 0.123. The lowest BCUT2D eigenvalue weighted by Crippen LogP contribution is -2.10. The first-order chi connectivity index (χ1) is 14.2. The zero-order chi connectivity index (χ0) is 21.9. The van der Waals surface area contributed by atoms with Crippen molar-refractivity contribution in [2.75, 3.05) is 28.7 Å². The molecule has 0 amide bonds. The molecule has 0 fully saturated rings. The van der Waals surface area contributed by atoms with Crippen LogP contribution in [0.2, 0.25) is 0 Å². The van der Waals surface area contributed by atoms with Crippen LogP contribution in [0.25, 0.3) is 11.3 Å². The van der Waals surface area contributed by atoms with Crippen LogP contribution < -0.4 is 15.4 Å². The second kappa shape index (κ2) is 8.50. The van der Waals surface area contributed by atoms with E-state index in [0.29, 0.717) is 39.8 Å². The smallest absolute Gasteiger partial charge is 0.229 e. The zero-order valence-electron chi connectivity index (χ0n) is 16.7. The fourth-order valence-electron chi connectivity index (χ4n) is 2.95. The summed E-state index contributed by atoms with van der Waals surface area (Å²) in [6.45, 7) is 1.67. The van der Waals surface area contributed by atoms with Gasteiger partial charge in [-0.25, -0.2) is 17.8 Å². The Kier molecular flexibility index (Phi) is 6.02. The Hall–Kier alpha value is -3.46. The molecule has 3 rings (SSSR count). The highest BCUT2D eigenvalue weighted by Gasteiger charge is 2.15. The summed E-state index contributed by atoms with van der Waals surface area (Å²) in [6, 6.07) is 14.5. The lowest BCUT2D eigenvalue weighted by atomic mass is 10.1. The Labute approximate surface area is 174 Å². The molecule has 0 unspecified atom stereocenters. The number of sulfonamides is 1. The predicted octanol–water partition coefficient (Wildman–Crippen LogP) is 4.43. The van der Waals surface area contributed by atoms with E-state index in [2.05, 4.69) is 20.3 Å². The van der Waals surface area contributed by atoms with Gasteiger partial charge in [-0.15, -0.1) is 0 Å². The average molecular weight is 428 g/mol. The van der Waals surface area contributed by atoms with E-state index in [9.17, 15) is 12.8 Å². The maximum atomic E-state index is 13.3. The third-order valence-corrected chi connectivity index (χ3v) is 4.86. The fourth-order valence-corrected chi connectivity index (χ4v) is 3.52. The largest absolute Gasteiger partial charge is 0.387 e. The van der Waals surface area contributed by atoms with Crippen molar-refractivity contribution in [2.45, 2.75) is 6.92 Å². The molecule has 156 valence electrons. The van der Waals surface area contributed by atoms with E-state index < -0.39 is 10.0 Å². The molecule has 1 heterocycles. The second-order valence-corrected chi connectivity index (χ2v) is 8.49. The molecule has 0 aliphatic rings. The first-order valence-electron chi connectivity index (χ1n) is 9.05. The van der Waals surface area contributed by atoms with Gasteiger partial charge in [0.05, 0.1) is 17.5 Å². The second-order valence-electron chi connectivity index (χ2n) is 6.74. The number of aromatic nitrogens is 1. The molecule has 0 spiro atoms. The predicted molar refractivity (Wildman–Crippen MR) is 120 cm³/mol. The van der Waals surface area contributed by atoms with Gasteiger partial charge in [0.1, 0.15) is 11.6 Å². The molecule has 4 N–H and O–H groups in total. The van der Waals surface area contributed by atoms with Gasteiger partial charge in [0.15, 0.2) is 0 Å². The van der Waals surface area contributed by atoms with Crippen LogP contribution in [0.1, 0.15) is 12.5 Å². The summed E-state index contributed by atoms with van der Waals surface area (Å²) < 4.78 is 38.5. The summed E-state index contributed by atoms with van der Waals surface area (Å²) in [5.41, 5.74) is 4.07. The third kappa shape index (κ3) is 5.12. The van der Waals surface area contributed by atoms with Gasteiger partial charge in [0, 0.05) is 35.4 Å². The van der Waals surface area contributed by atoms with Crippen LogP contribution >= 0.6 is 0 Å². The Morgan fingerprint density at radius 3 is 2.17 bits per heavy atom. The monoisotopic (exact) mass is 427 g/mol. The van der Waals surface area contributed by atoms with E-state index in [1.165, 1.54) is 12.1 Å². The Bertz CT molecular complexity index is 1180. The number of benzene rings is 2. The fraction of sp³-hybridized carbons (Fsp3) is 0.143. The molecular weight excluding hydrogens is 405 g/mol. The van der Waals surface area contributed by atoms with E-state index >= 15 is 0 Å². The van der Waals surface area contributed by atoms with Crippen molar-refractivity contribution in [3.63, 3.8) is 0 Å². The minimum atomic E-state index is -3.36. The number of rotatable bonds is 7. The Balaban J connectivity index is 2.02. The molecule has 1 aromatic heterocycles. The SMILES string of the molecule is CNc1cc(-c2ccc(F)cc2)nc(Nc2ccc(NS(C)(=O)=O)cc2)c1C(C)=N. The molecule has 0 saturated carbocycles. The number of hydrogen-bond donors (Lipinski definition) is 4. The summed E-state index contributed by atoms with van der Waals surface area (Å²) in [7, 11) is -1.61. The number of pyridine rings is 1. The minimum Gasteiger partial charge on any atom is -0.387 e. The molecule has 2 aromatic carbocycles. The molecule has 0 aliphatic heterocycles. The summed E-state index contributed by atoms with van der Waals surface area (Å²) in [6.07, 6.45) is 1.09. The van der Waals surface area contributed by atoms with Crippen LogP contribution in [0.5, 0.6) is 0 Å². The van der Waals surface area contributed by atoms with Crippen molar-refractivity contribution < 1.29 is 12.8 Å². The normalized spacial score (nSPS) is 11.1. The quantitative estimate of drug-likeness (QED) is 0.417. The van der Waals surface area contributed by atoms with Gasteiger partial charge in [0.25, 0.3) is 0 Å². The van der Waals surface area contributed by atoms with Crippen LogP contribution in [-0.2, 0) is 10.0 Å². The maximum Gasteiger partial charge on any atom is 0.229 e. The lowest BCUT2D eigenvalue weighted by molar-refractivity contribution is 0.607. The average Bonchev–Trinajstić information content (AvgIpc) is 2.68. The third-order valence-electron chi connectivity index (χ3n) is 4.25. The lowest BCUT2D eigenvalue weighted by Gasteiger charge is -2.17. The molecule has 0 bridgehead atoms. The molecule has 0 radical (unpaired) electrons. The van der Waals surface area contributed by atoms with E-state index in [1.807, 2.05) is 6.07 Å². The molecule has 7 nitrogen and oxygen atoms in total. The number of nitrogens with zero attached hydrogens (tertiary/aromatic N) is 1. The van der Waals surface area contributed by atoms with Gasteiger partial charge in [-0.3, -0.25) is 4.72 Å². The van der Waals surface area contributed by atoms with Crippen LogP contribution in [0.15, 0.2) is 54.6 Å². The first-order valence-corrected chi connectivity index (χ1v) is 10.9. The summed E-state index contributed by atoms with van der Waals surface area (Å²) in [5, 5.41) is 14.5. The highest BCUT2D eigenvalue weighted by atomic mass is 32.2. The Morgan fingerprint density at radius 2 is 1.63 bits per heavy atom. The van der Waals surface area contributed by atoms with Gasteiger partial charge < -0.3 is 16.0 Å². The van der Waals surface area contributed by atoms with Gasteiger partial charge in [-0.05, 0) is 61.5 Å². The van der Waals surface area contributed by atoms with Crippen LogP contribution in [0.3, 0.4) is 0 Å². The number of nitrogens with one attached hydrogen (secondary N) is 4. The summed E-state index contributed by atoms with van der Waals surface area (Å²) in [4.78, 5) is 4.65. The highest BCUT2D eigenvalue weighted by Crippen LogP contribution is 2.31. The van der Waals surface area contributed by atoms with Crippen molar-refractivity contribution in [1.82, 2.24) is 4.98 Å². The molecular formula is C21H22FN5O2S. The van der Waals surface area contributed by atoms with Crippen molar-refractivity contribution in [2.24, 2.45) is 0 Å². The van der Waals surface area contributed by atoms with Gasteiger partial charge in [0.2, 0.25) is 10.0 Å². The number of anilines is 4. The van der Waals surface area contributed by atoms with Crippen LogP contribution in [0, 0.1) is 11.2 Å². The Morgan fingerprint density at radius 1 is 1.03 bits per heavy atom. The van der Waals surface area contributed by atoms with Gasteiger partial charge >= 0.3 is 0 Å². The molecule has 0 atom stereocenters. The van der Waals surface area contributed by atoms with E-state index in [0.717, 1.165) is 11.8 Å². The van der Waals surface area contributed by atoms with Crippen LogP contribution in [0.4, 0.5) is 27.3 Å². The molecule has 9 heteroatoms. The zero-order valence-corrected chi connectivity index (χ0v) is 17.6. The molecule has 0 aliphatic carbocycles. The van der Waals surface area contributed by atoms with Crippen molar-refractivity contribution in [1.29, 1.82) is 5.41 Å². The highest BCUT2D eigenvalue weighted by molar-refractivity contribution is 7.92. The van der Waals surface area contributed by atoms with Crippen molar-refractivity contribution in [3.05, 3.63) is 66.0 Å². The topological polar surface area (TPSA) is 107 Å². The first kappa shape index (κ1) is 21.3. The molecule has 0 saturated heterocycles. The van der Waals surface area contributed by atoms with E-state index in [4.69, 9.17) is 5.41 Å². The van der Waals surface area contributed by atoms with E-state index in [-0.39, 0.29) is 5.82 Å².